The molecule has 0 saturated heterocycles. The molecule has 2 rings (SSSR count). The third-order valence-corrected chi connectivity index (χ3v) is 3.28. The number of carbonyl (C=O) groups is 1. The Labute approximate surface area is 119 Å². The number of hydrogen-bond acceptors (Lipinski definition) is 2. The Kier molecular flexibility index (Phi) is 4.08. The number of primary amides is 1. The zero-order chi connectivity index (χ0) is 14.7. The zero-order valence-corrected chi connectivity index (χ0v) is 12.2. The molecule has 3 heteroatoms. The molecule has 0 radical (unpaired) electrons. The lowest BCUT2D eigenvalue weighted by atomic mass is 10.1. The number of aryl methyl sites for hydroxylation is 3. The maximum atomic E-state index is 11.1. The van der Waals surface area contributed by atoms with Crippen molar-refractivity contribution in [1.82, 2.24) is 0 Å². The standard InChI is InChI=1S/C17H20N2O/c1-11-6-12(2)8-14(7-11)10-19-16-5-4-15(17(18)20)9-13(16)3/h4-9,19H,10H2,1-3H3,(H2,18,20). The molecule has 0 aliphatic heterocycles. The molecule has 20 heavy (non-hydrogen) atoms. The van der Waals surface area contributed by atoms with E-state index in [1.165, 1.54) is 16.7 Å². The van der Waals surface area contributed by atoms with Crippen LogP contribution in [0.1, 0.15) is 32.6 Å². The van der Waals surface area contributed by atoms with Crippen LogP contribution in [-0.4, -0.2) is 5.91 Å². The summed E-state index contributed by atoms with van der Waals surface area (Å²) in [7, 11) is 0. The van der Waals surface area contributed by atoms with E-state index in [1.807, 2.05) is 19.1 Å². The van der Waals surface area contributed by atoms with Crippen LogP contribution in [0.4, 0.5) is 5.69 Å². The van der Waals surface area contributed by atoms with Crippen LogP contribution in [0.3, 0.4) is 0 Å². The Morgan fingerprint density at radius 3 is 2.25 bits per heavy atom. The normalized spacial score (nSPS) is 10.3. The minimum absolute atomic E-state index is 0.394. The number of rotatable bonds is 4. The van der Waals surface area contributed by atoms with Crippen molar-refractivity contribution in [3.8, 4) is 0 Å². The largest absolute Gasteiger partial charge is 0.381 e. The summed E-state index contributed by atoms with van der Waals surface area (Å²) in [5.41, 5.74) is 11.6. The van der Waals surface area contributed by atoms with Crippen molar-refractivity contribution < 1.29 is 4.79 Å². The lowest BCUT2D eigenvalue weighted by Crippen LogP contribution is -2.11. The van der Waals surface area contributed by atoms with Crippen LogP contribution in [0.2, 0.25) is 0 Å². The summed E-state index contributed by atoms with van der Waals surface area (Å²) in [6.45, 7) is 6.93. The number of hydrogen-bond donors (Lipinski definition) is 2. The van der Waals surface area contributed by atoms with Crippen molar-refractivity contribution in [2.24, 2.45) is 5.73 Å². The van der Waals surface area contributed by atoms with Crippen molar-refractivity contribution in [3.05, 3.63) is 64.2 Å². The molecule has 0 unspecified atom stereocenters. The van der Waals surface area contributed by atoms with E-state index < -0.39 is 5.91 Å². The summed E-state index contributed by atoms with van der Waals surface area (Å²) < 4.78 is 0. The van der Waals surface area contributed by atoms with Gasteiger partial charge in [0.05, 0.1) is 0 Å². The highest BCUT2D eigenvalue weighted by atomic mass is 16.1. The second-order valence-electron chi connectivity index (χ2n) is 5.24. The van der Waals surface area contributed by atoms with E-state index >= 15 is 0 Å². The zero-order valence-electron chi connectivity index (χ0n) is 12.2. The number of benzene rings is 2. The molecule has 0 bridgehead atoms. The van der Waals surface area contributed by atoms with Gasteiger partial charge in [-0.1, -0.05) is 29.3 Å². The molecule has 0 aliphatic carbocycles. The number of anilines is 1. The maximum Gasteiger partial charge on any atom is 0.248 e. The van der Waals surface area contributed by atoms with Gasteiger partial charge in [-0.25, -0.2) is 0 Å². The summed E-state index contributed by atoms with van der Waals surface area (Å²) in [6.07, 6.45) is 0. The van der Waals surface area contributed by atoms with E-state index in [9.17, 15) is 4.79 Å². The SMILES string of the molecule is Cc1cc(C)cc(CNc2ccc(C(N)=O)cc2C)c1. The first kappa shape index (κ1) is 14.1. The fourth-order valence-electron chi connectivity index (χ4n) is 2.38. The summed E-state index contributed by atoms with van der Waals surface area (Å²) in [5, 5.41) is 3.40. The van der Waals surface area contributed by atoms with Crippen LogP contribution in [0.5, 0.6) is 0 Å². The first-order chi connectivity index (χ1) is 9.45. The van der Waals surface area contributed by atoms with E-state index in [-0.39, 0.29) is 0 Å². The predicted molar refractivity (Wildman–Crippen MR) is 82.9 cm³/mol. The van der Waals surface area contributed by atoms with Crippen molar-refractivity contribution in [1.29, 1.82) is 0 Å². The van der Waals surface area contributed by atoms with E-state index in [0.29, 0.717) is 5.56 Å². The molecule has 0 spiro atoms. The fourth-order valence-corrected chi connectivity index (χ4v) is 2.38. The van der Waals surface area contributed by atoms with E-state index in [4.69, 9.17) is 5.73 Å². The van der Waals surface area contributed by atoms with Gasteiger partial charge in [-0.3, -0.25) is 4.79 Å². The Bertz CT molecular complexity index is 627. The van der Waals surface area contributed by atoms with Crippen LogP contribution >= 0.6 is 0 Å². The highest BCUT2D eigenvalue weighted by Gasteiger charge is 2.04. The molecule has 1 amide bonds. The van der Waals surface area contributed by atoms with Crippen LogP contribution in [-0.2, 0) is 6.54 Å². The van der Waals surface area contributed by atoms with Crippen LogP contribution in [0.25, 0.3) is 0 Å². The van der Waals surface area contributed by atoms with Gasteiger partial charge in [-0.05, 0) is 50.1 Å². The minimum atomic E-state index is -0.394. The van der Waals surface area contributed by atoms with Crippen molar-refractivity contribution >= 4 is 11.6 Å². The molecule has 3 nitrogen and oxygen atoms in total. The van der Waals surface area contributed by atoms with E-state index in [2.05, 4.69) is 37.4 Å². The van der Waals surface area contributed by atoms with Gasteiger partial charge >= 0.3 is 0 Å². The highest BCUT2D eigenvalue weighted by Crippen LogP contribution is 2.18. The molecule has 104 valence electrons. The molecule has 2 aromatic carbocycles. The summed E-state index contributed by atoms with van der Waals surface area (Å²) in [6, 6.07) is 12.0. The summed E-state index contributed by atoms with van der Waals surface area (Å²) in [5.74, 6) is -0.394. The van der Waals surface area contributed by atoms with Crippen LogP contribution < -0.4 is 11.1 Å². The molecule has 0 fully saturated rings. The second kappa shape index (κ2) is 5.78. The molecular weight excluding hydrogens is 248 g/mol. The van der Waals surface area contributed by atoms with Gasteiger partial charge in [-0.2, -0.15) is 0 Å². The Morgan fingerprint density at radius 1 is 1.05 bits per heavy atom. The fraction of sp³-hybridized carbons (Fsp3) is 0.235. The van der Waals surface area contributed by atoms with Gasteiger partial charge in [0.1, 0.15) is 0 Å². The van der Waals surface area contributed by atoms with Gasteiger partial charge in [0.15, 0.2) is 0 Å². The quantitative estimate of drug-likeness (QED) is 0.893. The lowest BCUT2D eigenvalue weighted by molar-refractivity contribution is 0.1000. The molecular formula is C17H20N2O. The molecule has 0 saturated carbocycles. The molecule has 0 heterocycles. The van der Waals surface area contributed by atoms with Crippen molar-refractivity contribution in [3.63, 3.8) is 0 Å². The maximum absolute atomic E-state index is 11.1. The summed E-state index contributed by atoms with van der Waals surface area (Å²) >= 11 is 0. The van der Waals surface area contributed by atoms with Crippen LogP contribution in [0, 0.1) is 20.8 Å². The summed E-state index contributed by atoms with van der Waals surface area (Å²) in [4.78, 5) is 11.1. The smallest absolute Gasteiger partial charge is 0.248 e. The first-order valence-electron chi connectivity index (χ1n) is 6.67. The van der Waals surface area contributed by atoms with Crippen molar-refractivity contribution in [2.75, 3.05) is 5.32 Å². The Balaban J connectivity index is 2.12. The number of carbonyl (C=O) groups excluding carboxylic acids is 1. The van der Waals surface area contributed by atoms with Gasteiger partial charge < -0.3 is 11.1 Å². The third-order valence-electron chi connectivity index (χ3n) is 3.28. The van der Waals surface area contributed by atoms with E-state index in [0.717, 1.165) is 17.8 Å². The minimum Gasteiger partial charge on any atom is -0.381 e. The van der Waals surface area contributed by atoms with Gasteiger partial charge in [-0.15, -0.1) is 0 Å². The first-order valence-corrected chi connectivity index (χ1v) is 6.67. The monoisotopic (exact) mass is 268 g/mol. The highest BCUT2D eigenvalue weighted by molar-refractivity contribution is 5.93. The number of amides is 1. The number of nitrogens with two attached hydrogens (primary N) is 1. The molecule has 3 N–H and O–H groups in total. The van der Waals surface area contributed by atoms with Gasteiger partial charge in [0, 0.05) is 17.8 Å². The van der Waals surface area contributed by atoms with Crippen LogP contribution in [0.15, 0.2) is 36.4 Å². The topological polar surface area (TPSA) is 55.1 Å². The van der Waals surface area contributed by atoms with Crippen molar-refractivity contribution in [2.45, 2.75) is 27.3 Å². The second-order valence-corrected chi connectivity index (χ2v) is 5.24. The lowest BCUT2D eigenvalue weighted by Gasteiger charge is -2.11. The molecule has 2 aromatic rings. The van der Waals surface area contributed by atoms with E-state index in [1.54, 1.807) is 6.07 Å². The van der Waals surface area contributed by atoms with Gasteiger partial charge in [0.2, 0.25) is 5.91 Å². The molecule has 0 atom stereocenters. The Hall–Kier alpha value is -2.29. The number of nitrogens with one attached hydrogen (secondary N) is 1. The van der Waals surface area contributed by atoms with Gasteiger partial charge in [0.25, 0.3) is 0 Å². The molecule has 0 aliphatic rings. The predicted octanol–water partition coefficient (Wildman–Crippen LogP) is 3.32. The average Bonchev–Trinajstić information content (AvgIpc) is 2.36. The molecule has 0 aromatic heterocycles. The average molecular weight is 268 g/mol. The third kappa shape index (κ3) is 3.38. The Morgan fingerprint density at radius 2 is 1.70 bits per heavy atom.